The van der Waals surface area contributed by atoms with Crippen LogP contribution in [0.2, 0.25) is 0 Å². The first-order chi connectivity index (χ1) is 8.47. The molecule has 0 aliphatic carbocycles. The monoisotopic (exact) mass is 248 g/mol. The Labute approximate surface area is 106 Å². The number of aliphatic hydroxyl groups is 1. The molecule has 0 bridgehead atoms. The summed E-state index contributed by atoms with van der Waals surface area (Å²) in [4.78, 5) is 0. The summed E-state index contributed by atoms with van der Waals surface area (Å²) in [6.07, 6.45) is -0.283. The van der Waals surface area contributed by atoms with Gasteiger partial charge in [-0.05, 0) is 37.1 Å². The maximum Gasteiger partial charge on any atom is 0.126 e. The highest BCUT2D eigenvalue weighted by molar-refractivity contribution is 5.26. The van der Waals surface area contributed by atoms with Gasteiger partial charge in [0, 0.05) is 19.2 Å². The van der Waals surface area contributed by atoms with Crippen LogP contribution in [0.1, 0.15) is 28.6 Å². The molecule has 0 radical (unpaired) electrons. The molecule has 3 nitrogen and oxygen atoms in total. The Kier molecular flexibility index (Phi) is 3.48. The summed E-state index contributed by atoms with van der Waals surface area (Å²) < 4.78 is 15.2. The zero-order valence-electron chi connectivity index (χ0n) is 10.8. The summed E-state index contributed by atoms with van der Waals surface area (Å²) in [5.74, 6) is -0.285. The largest absolute Gasteiger partial charge is 0.388 e. The van der Waals surface area contributed by atoms with Gasteiger partial charge in [-0.25, -0.2) is 4.39 Å². The van der Waals surface area contributed by atoms with Crippen molar-refractivity contribution in [2.24, 2.45) is 7.05 Å². The number of hydrogen-bond acceptors (Lipinski definition) is 2. The van der Waals surface area contributed by atoms with Crippen LogP contribution in [0.3, 0.4) is 0 Å². The van der Waals surface area contributed by atoms with E-state index in [9.17, 15) is 9.50 Å². The molecule has 0 spiro atoms. The average Bonchev–Trinajstić information content (AvgIpc) is 2.61. The maximum absolute atomic E-state index is 13.4. The lowest BCUT2D eigenvalue weighted by Gasteiger charge is -2.11. The van der Waals surface area contributed by atoms with Crippen molar-refractivity contribution in [2.45, 2.75) is 26.4 Å². The van der Waals surface area contributed by atoms with E-state index in [-0.39, 0.29) is 5.82 Å². The van der Waals surface area contributed by atoms with Crippen LogP contribution in [0.15, 0.2) is 24.3 Å². The number of rotatable bonds is 3. The minimum absolute atomic E-state index is 0.285. The number of aryl methyl sites for hydroxylation is 3. The van der Waals surface area contributed by atoms with Gasteiger partial charge in [0.15, 0.2) is 0 Å². The van der Waals surface area contributed by atoms with Crippen molar-refractivity contribution < 1.29 is 9.50 Å². The third kappa shape index (κ3) is 2.59. The fourth-order valence-corrected chi connectivity index (χ4v) is 1.99. The number of aromatic nitrogens is 2. The van der Waals surface area contributed by atoms with Crippen LogP contribution in [-0.4, -0.2) is 14.9 Å². The first-order valence-electron chi connectivity index (χ1n) is 5.91. The van der Waals surface area contributed by atoms with Crippen LogP contribution in [-0.2, 0) is 13.5 Å². The summed E-state index contributed by atoms with van der Waals surface area (Å²) in [6.45, 7) is 3.61. The molecule has 2 aromatic rings. The molecule has 0 aliphatic rings. The van der Waals surface area contributed by atoms with Gasteiger partial charge in [-0.1, -0.05) is 12.1 Å². The van der Waals surface area contributed by atoms with Crippen molar-refractivity contribution in [3.63, 3.8) is 0 Å². The van der Waals surface area contributed by atoms with E-state index >= 15 is 0 Å². The van der Waals surface area contributed by atoms with Gasteiger partial charge in [0.1, 0.15) is 5.82 Å². The third-order valence-electron chi connectivity index (χ3n) is 3.08. The van der Waals surface area contributed by atoms with E-state index in [1.54, 1.807) is 23.7 Å². The molecule has 1 heterocycles. The van der Waals surface area contributed by atoms with Crippen molar-refractivity contribution in [3.05, 3.63) is 52.6 Å². The molecule has 0 saturated carbocycles. The average molecular weight is 248 g/mol. The topological polar surface area (TPSA) is 38.0 Å². The van der Waals surface area contributed by atoms with Crippen LogP contribution >= 0.6 is 0 Å². The molecule has 1 atom stereocenters. The third-order valence-corrected chi connectivity index (χ3v) is 3.08. The Morgan fingerprint density at radius 1 is 1.33 bits per heavy atom. The van der Waals surface area contributed by atoms with Gasteiger partial charge in [-0.2, -0.15) is 5.10 Å². The van der Waals surface area contributed by atoms with E-state index in [4.69, 9.17) is 0 Å². The molecule has 96 valence electrons. The lowest BCUT2D eigenvalue weighted by Crippen LogP contribution is -2.07. The molecule has 1 unspecified atom stereocenters. The number of halogens is 1. The van der Waals surface area contributed by atoms with Crippen LogP contribution in [0.4, 0.5) is 4.39 Å². The molecule has 0 amide bonds. The minimum atomic E-state index is -0.713. The van der Waals surface area contributed by atoms with E-state index in [0.717, 1.165) is 11.4 Å². The predicted octanol–water partition coefficient (Wildman–Crippen LogP) is 2.45. The summed E-state index contributed by atoms with van der Waals surface area (Å²) in [5.41, 5.74) is 3.02. The molecular weight excluding hydrogens is 231 g/mol. The van der Waals surface area contributed by atoms with Gasteiger partial charge in [0.2, 0.25) is 0 Å². The molecule has 0 aliphatic heterocycles. The van der Waals surface area contributed by atoms with E-state index in [2.05, 4.69) is 5.10 Å². The van der Waals surface area contributed by atoms with Gasteiger partial charge in [0.25, 0.3) is 0 Å². The highest BCUT2D eigenvalue weighted by atomic mass is 19.1. The van der Waals surface area contributed by atoms with Gasteiger partial charge in [-0.3, -0.25) is 4.68 Å². The number of aliphatic hydroxyl groups excluding tert-OH is 1. The highest BCUT2D eigenvalue weighted by Crippen LogP contribution is 2.20. The maximum atomic E-state index is 13.4. The zero-order valence-corrected chi connectivity index (χ0v) is 10.8. The standard InChI is InChI=1S/C14H17FN2O/c1-9-4-5-11(7-13(9)15)14(18)8-12-6-10(2)16-17(12)3/h4-7,14,18H,8H2,1-3H3. The fraction of sp³-hybridized carbons (Fsp3) is 0.357. The second-order valence-electron chi connectivity index (χ2n) is 4.63. The molecule has 4 heteroatoms. The number of benzene rings is 1. The molecule has 1 N–H and O–H groups in total. The van der Waals surface area contributed by atoms with Crippen LogP contribution < -0.4 is 0 Å². The summed E-state index contributed by atoms with van der Waals surface area (Å²) in [7, 11) is 1.84. The van der Waals surface area contributed by atoms with Crippen molar-refractivity contribution in [3.8, 4) is 0 Å². The highest BCUT2D eigenvalue weighted by Gasteiger charge is 2.13. The van der Waals surface area contributed by atoms with Gasteiger partial charge < -0.3 is 5.11 Å². The smallest absolute Gasteiger partial charge is 0.126 e. The Bertz CT molecular complexity index is 563. The van der Waals surface area contributed by atoms with Crippen molar-refractivity contribution >= 4 is 0 Å². The summed E-state index contributed by atoms with van der Waals surface area (Å²) in [6, 6.07) is 6.76. The Hall–Kier alpha value is -1.68. The molecular formula is C14H17FN2O. The molecule has 0 saturated heterocycles. The molecule has 1 aromatic heterocycles. The Morgan fingerprint density at radius 2 is 2.06 bits per heavy atom. The van der Waals surface area contributed by atoms with Gasteiger partial charge >= 0.3 is 0 Å². The SMILES string of the molecule is Cc1cc(CC(O)c2ccc(C)c(F)c2)n(C)n1. The minimum Gasteiger partial charge on any atom is -0.388 e. The second kappa shape index (κ2) is 4.90. The normalized spacial score (nSPS) is 12.7. The molecule has 0 fully saturated rings. The van der Waals surface area contributed by atoms with E-state index in [1.165, 1.54) is 6.07 Å². The lowest BCUT2D eigenvalue weighted by atomic mass is 10.0. The molecule has 1 aromatic carbocycles. The Morgan fingerprint density at radius 3 is 2.61 bits per heavy atom. The van der Waals surface area contributed by atoms with Gasteiger partial charge in [0.05, 0.1) is 11.8 Å². The van der Waals surface area contributed by atoms with E-state index in [0.29, 0.717) is 17.5 Å². The van der Waals surface area contributed by atoms with Crippen molar-refractivity contribution in [1.82, 2.24) is 9.78 Å². The second-order valence-corrected chi connectivity index (χ2v) is 4.63. The molecule has 2 rings (SSSR count). The Balaban J connectivity index is 2.19. The van der Waals surface area contributed by atoms with Crippen LogP contribution in [0.5, 0.6) is 0 Å². The van der Waals surface area contributed by atoms with Crippen LogP contribution in [0.25, 0.3) is 0 Å². The first-order valence-corrected chi connectivity index (χ1v) is 5.91. The van der Waals surface area contributed by atoms with Crippen molar-refractivity contribution in [2.75, 3.05) is 0 Å². The van der Waals surface area contributed by atoms with Gasteiger partial charge in [-0.15, -0.1) is 0 Å². The predicted molar refractivity (Wildman–Crippen MR) is 67.7 cm³/mol. The summed E-state index contributed by atoms with van der Waals surface area (Å²) in [5, 5.41) is 14.3. The zero-order chi connectivity index (χ0) is 13.3. The van der Waals surface area contributed by atoms with Crippen molar-refractivity contribution in [1.29, 1.82) is 0 Å². The quantitative estimate of drug-likeness (QED) is 0.906. The lowest BCUT2D eigenvalue weighted by molar-refractivity contribution is 0.175. The van der Waals surface area contributed by atoms with E-state index < -0.39 is 6.10 Å². The van der Waals surface area contributed by atoms with E-state index in [1.807, 2.05) is 20.0 Å². The summed E-state index contributed by atoms with van der Waals surface area (Å²) >= 11 is 0. The number of nitrogens with zero attached hydrogens (tertiary/aromatic N) is 2. The number of hydrogen-bond donors (Lipinski definition) is 1. The first kappa shape index (κ1) is 12.8. The molecule has 18 heavy (non-hydrogen) atoms. The van der Waals surface area contributed by atoms with Crippen LogP contribution in [0, 0.1) is 19.7 Å². The fourth-order valence-electron chi connectivity index (χ4n) is 1.99.